The zero-order valence-corrected chi connectivity index (χ0v) is 12.6. The van der Waals surface area contributed by atoms with Crippen molar-refractivity contribution in [2.45, 2.75) is 58.2 Å². The number of hydrogen-bond donors (Lipinski definition) is 2. The Kier molecular flexibility index (Phi) is 6.95. The van der Waals surface area contributed by atoms with Crippen molar-refractivity contribution in [1.82, 2.24) is 5.32 Å². The first kappa shape index (κ1) is 16.9. The first-order chi connectivity index (χ1) is 9.45. The van der Waals surface area contributed by atoms with Crippen LogP contribution in [0.1, 0.15) is 40.0 Å². The van der Waals surface area contributed by atoms with Crippen molar-refractivity contribution in [1.29, 1.82) is 0 Å². The van der Waals surface area contributed by atoms with Gasteiger partial charge in [-0.2, -0.15) is 0 Å². The Balaban J connectivity index is 2.61. The molecule has 1 fully saturated rings. The second kappa shape index (κ2) is 8.21. The summed E-state index contributed by atoms with van der Waals surface area (Å²) < 4.78 is 10.5. The topological polar surface area (TPSA) is 90.6 Å². The van der Waals surface area contributed by atoms with Crippen LogP contribution in [-0.4, -0.2) is 43.3 Å². The van der Waals surface area contributed by atoms with Crippen LogP contribution in [0.5, 0.6) is 0 Å². The fourth-order valence-electron chi connectivity index (χ4n) is 2.12. The van der Waals surface area contributed by atoms with Crippen molar-refractivity contribution >= 4 is 11.9 Å². The Morgan fingerprint density at radius 1 is 1.45 bits per heavy atom. The van der Waals surface area contributed by atoms with Gasteiger partial charge in [-0.3, -0.25) is 4.79 Å². The smallest absolute Gasteiger partial charge is 0.328 e. The molecule has 0 aromatic rings. The normalized spacial score (nSPS) is 21.6. The van der Waals surface area contributed by atoms with Gasteiger partial charge in [0.2, 0.25) is 5.91 Å². The Morgan fingerprint density at radius 2 is 2.15 bits per heavy atom. The van der Waals surface area contributed by atoms with E-state index in [0.29, 0.717) is 13.0 Å². The number of nitrogens with one attached hydrogen (secondary N) is 1. The average Bonchev–Trinajstić information content (AvgIpc) is 2.90. The Bertz CT molecular complexity index is 327. The minimum Gasteiger partial charge on any atom is -0.464 e. The number of amides is 1. The van der Waals surface area contributed by atoms with Crippen LogP contribution in [0.25, 0.3) is 0 Å². The second-order valence-electron chi connectivity index (χ2n) is 5.45. The van der Waals surface area contributed by atoms with Crippen molar-refractivity contribution < 1.29 is 19.1 Å². The third kappa shape index (κ3) is 5.09. The van der Waals surface area contributed by atoms with Gasteiger partial charge < -0.3 is 20.5 Å². The summed E-state index contributed by atoms with van der Waals surface area (Å²) in [6.45, 7) is 6.46. The van der Waals surface area contributed by atoms with E-state index in [4.69, 9.17) is 15.2 Å². The van der Waals surface area contributed by atoms with Crippen LogP contribution in [0, 0.1) is 5.92 Å². The van der Waals surface area contributed by atoms with Gasteiger partial charge in [0.25, 0.3) is 0 Å². The van der Waals surface area contributed by atoms with E-state index in [0.717, 1.165) is 12.8 Å². The van der Waals surface area contributed by atoms with E-state index < -0.39 is 18.1 Å². The molecule has 20 heavy (non-hydrogen) atoms. The summed E-state index contributed by atoms with van der Waals surface area (Å²) >= 11 is 0. The third-order valence-corrected chi connectivity index (χ3v) is 3.43. The molecule has 0 aromatic heterocycles. The van der Waals surface area contributed by atoms with Crippen LogP contribution in [0.15, 0.2) is 0 Å². The molecular formula is C14H26N2O4. The summed E-state index contributed by atoms with van der Waals surface area (Å²) in [5, 5.41) is 2.69. The molecule has 0 bridgehead atoms. The lowest BCUT2D eigenvalue weighted by Crippen LogP contribution is -2.51. The zero-order valence-electron chi connectivity index (χ0n) is 12.6. The number of carbonyl (C=O) groups excluding carboxylic acids is 2. The minimum atomic E-state index is -0.685. The van der Waals surface area contributed by atoms with Gasteiger partial charge in [0.05, 0.1) is 18.8 Å². The van der Waals surface area contributed by atoms with E-state index in [1.807, 2.05) is 13.8 Å². The Hall–Kier alpha value is -1.14. The van der Waals surface area contributed by atoms with Crippen LogP contribution in [0.3, 0.4) is 0 Å². The summed E-state index contributed by atoms with van der Waals surface area (Å²) in [6.07, 6.45) is 2.33. The van der Waals surface area contributed by atoms with Gasteiger partial charge in [0.1, 0.15) is 6.04 Å². The van der Waals surface area contributed by atoms with Gasteiger partial charge in [-0.1, -0.05) is 13.8 Å². The van der Waals surface area contributed by atoms with E-state index in [2.05, 4.69) is 5.32 Å². The van der Waals surface area contributed by atoms with Gasteiger partial charge in [0, 0.05) is 13.0 Å². The fourth-order valence-corrected chi connectivity index (χ4v) is 2.12. The molecule has 0 radical (unpaired) electrons. The molecule has 0 aliphatic carbocycles. The van der Waals surface area contributed by atoms with Crippen molar-refractivity contribution in [3.05, 3.63) is 0 Å². The molecule has 1 aliphatic heterocycles. The SMILES string of the molecule is CCOC(=O)C(C[C@@H]1CCCO1)NC(=O)C(N)C(C)C. The molecule has 6 heteroatoms. The van der Waals surface area contributed by atoms with Crippen molar-refractivity contribution in [3.63, 3.8) is 0 Å². The number of carbonyl (C=O) groups is 2. The predicted octanol–water partition coefficient (Wildman–Crippen LogP) is 0.587. The van der Waals surface area contributed by atoms with Gasteiger partial charge in [-0.25, -0.2) is 4.79 Å². The monoisotopic (exact) mass is 286 g/mol. The second-order valence-corrected chi connectivity index (χ2v) is 5.45. The molecule has 0 aromatic carbocycles. The molecule has 116 valence electrons. The number of rotatable bonds is 7. The molecule has 1 saturated heterocycles. The van der Waals surface area contributed by atoms with Crippen LogP contribution in [0.2, 0.25) is 0 Å². The van der Waals surface area contributed by atoms with Crippen molar-refractivity contribution in [2.75, 3.05) is 13.2 Å². The number of ether oxygens (including phenoxy) is 2. The fraction of sp³-hybridized carbons (Fsp3) is 0.857. The highest BCUT2D eigenvalue weighted by molar-refractivity contribution is 5.87. The van der Waals surface area contributed by atoms with Crippen LogP contribution >= 0.6 is 0 Å². The molecule has 1 heterocycles. The van der Waals surface area contributed by atoms with Gasteiger partial charge in [0.15, 0.2) is 0 Å². The van der Waals surface area contributed by atoms with Crippen molar-refractivity contribution in [3.8, 4) is 0 Å². The lowest BCUT2D eigenvalue weighted by atomic mass is 10.0. The zero-order chi connectivity index (χ0) is 15.1. The third-order valence-electron chi connectivity index (χ3n) is 3.43. The van der Waals surface area contributed by atoms with Crippen LogP contribution in [-0.2, 0) is 19.1 Å². The Labute approximate surface area is 120 Å². The highest BCUT2D eigenvalue weighted by Gasteiger charge is 2.30. The average molecular weight is 286 g/mol. The maximum absolute atomic E-state index is 12.0. The lowest BCUT2D eigenvalue weighted by molar-refractivity contribution is -0.148. The van der Waals surface area contributed by atoms with Gasteiger partial charge >= 0.3 is 5.97 Å². The molecule has 3 N–H and O–H groups in total. The first-order valence-electron chi connectivity index (χ1n) is 7.29. The van der Waals surface area contributed by atoms with Crippen molar-refractivity contribution in [2.24, 2.45) is 11.7 Å². The molecule has 1 amide bonds. The molecule has 2 unspecified atom stereocenters. The quantitative estimate of drug-likeness (QED) is 0.668. The minimum absolute atomic E-state index is 0.0000180. The van der Waals surface area contributed by atoms with E-state index in [1.165, 1.54) is 0 Å². The van der Waals surface area contributed by atoms with Gasteiger partial charge in [-0.15, -0.1) is 0 Å². The molecule has 3 atom stereocenters. The molecular weight excluding hydrogens is 260 g/mol. The maximum Gasteiger partial charge on any atom is 0.328 e. The summed E-state index contributed by atoms with van der Waals surface area (Å²) in [5.74, 6) is -0.732. The summed E-state index contributed by atoms with van der Waals surface area (Å²) in [5.41, 5.74) is 5.80. The highest BCUT2D eigenvalue weighted by atomic mass is 16.5. The largest absolute Gasteiger partial charge is 0.464 e. The van der Waals surface area contributed by atoms with E-state index >= 15 is 0 Å². The predicted molar refractivity (Wildman–Crippen MR) is 75.0 cm³/mol. The summed E-state index contributed by atoms with van der Waals surface area (Å²) in [4.78, 5) is 23.9. The highest BCUT2D eigenvalue weighted by Crippen LogP contribution is 2.17. The first-order valence-corrected chi connectivity index (χ1v) is 7.29. The summed E-state index contributed by atoms with van der Waals surface area (Å²) in [6, 6.07) is -1.31. The van der Waals surface area contributed by atoms with E-state index in [-0.39, 0.29) is 24.5 Å². The van der Waals surface area contributed by atoms with Gasteiger partial charge in [-0.05, 0) is 25.7 Å². The number of nitrogens with two attached hydrogens (primary N) is 1. The Morgan fingerprint density at radius 3 is 2.65 bits per heavy atom. The van der Waals surface area contributed by atoms with Crippen LogP contribution < -0.4 is 11.1 Å². The molecule has 6 nitrogen and oxygen atoms in total. The van der Waals surface area contributed by atoms with E-state index in [9.17, 15) is 9.59 Å². The van der Waals surface area contributed by atoms with E-state index in [1.54, 1.807) is 6.92 Å². The number of esters is 1. The van der Waals surface area contributed by atoms with Crippen LogP contribution in [0.4, 0.5) is 0 Å². The standard InChI is InChI=1S/C14H26N2O4/c1-4-19-14(18)11(8-10-6-5-7-20-10)16-13(17)12(15)9(2)3/h9-12H,4-8,15H2,1-3H3,(H,16,17)/t10-,11?,12?/m0/s1. The number of hydrogen-bond acceptors (Lipinski definition) is 5. The molecule has 1 aliphatic rings. The lowest BCUT2D eigenvalue weighted by Gasteiger charge is -2.23. The maximum atomic E-state index is 12.0. The molecule has 1 rings (SSSR count). The summed E-state index contributed by atoms with van der Waals surface area (Å²) in [7, 11) is 0. The molecule has 0 spiro atoms. The molecule has 0 saturated carbocycles.